The molecule has 7 nitrogen and oxygen atoms in total. The fourth-order valence-corrected chi connectivity index (χ4v) is 6.24. The van der Waals surface area contributed by atoms with Gasteiger partial charge in [0, 0.05) is 23.7 Å². The molecule has 1 fully saturated rings. The number of nitrogens with zero attached hydrogens (tertiary/aromatic N) is 1. The van der Waals surface area contributed by atoms with Gasteiger partial charge in [0.1, 0.15) is 0 Å². The van der Waals surface area contributed by atoms with E-state index in [0.717, 1.165) is 12.1 Å². The average molecular weight is 691 g/mol. The number of nitrogens with one attached hydrogen (secondary N) is 1. The third-order valence-electron chi connectivity index (χ3n) is 8.11. The van der Waals surface area contributed by atoms with Gasteiger partial charge in [-0.3, -0.25) is 4.79 Å². The number of rotatable bonds is 12. The molecule has 1 heterocycles. The lowest BCUT2D eigenvalue weighted by molar-refractivity contribution is -0.301. The summed E-state index contributed by atoms with van der Waals surface area (Å²) in [6.45, 7) is 0.402. The summed E-state index contributed by atoms with van der Waals surface area (Å²) in [5.41, 5.74) is 0.794. The molecule has 0 radical (unpaired) electrons. The van der Waals surface area contributed by atoms with Crippen LogP contribution in [-0.4, -0.2) is 63.5 Å². The van der Waals surface area contributed by atoms with E-state index >= 15 is 0 Å². The first kappa shape index (κ1) is 36.2. The molecule has 3 atom stereocenters. The Morgan fingerprint density at radius 3 is 2.11 bits per heavy atom. The molecule has 0 aliphatic carbocycles. The van der Waals surface area contributed by atoms with E-state index in [4.69, 9.17) is 0 Å². The van der Waals surface area contributed by atoms with Crippen LogP contribution in [0.3, 0.4) is 0 Å². The second-order valence-corrected chi connectivity index (χ2v) is 13.4. The summed E-state index contributed by atoms with van der Waals surface area (Å²) < 4.78 is 120. The highest BCUT2D eigenvalue weighted by molar-refractivity contribution is 7.91. The molecule has 1 aliphatic heterocycles. The Morgan fingerprint density at radius 2 is 1.57 bits per heavy atom. The van der Waals surface area contributed by atoms with Gasteiger partial charge in [-0.2, -0.15) is 22.0 Å². The lowest BCUT2D eigenvalue weighted by Gasteiger charge is -2.42. The Balaban J connectivity index is 1.52. The van der Waals surface area contributed by atoms with Crippen LogP contribution in [0.15, 0.2) is 77.7 Å². The molecule has 256 valence electrons. The van der Waals surface area contributed by atoms with Gasteiger partial charge in [0.05, 0.1) is 41.5 Å². The molecule has 1 saturated heterocycles. The number of ether oxygens (including phenoxy) is 1. The number of benzene rings is 3. The molecule has 1 unspecified atom stereocenters. The van der Waals surface area contributed by atoms with Gasteiger partial charge < -0.3 is 20.1 Å². The number of halogens is 7. The van der Waals surface area contributed by atoms with Crippen molar-refractivity contribution in [2.24, 2.45) is 0 Å². The Hall–Kier alpha value is -3.69. The van der Waals surface area contributed by atoms with Crippen LogP contribution in [0.2, 0.25) is 0 Å². The van der Waals surface area contributed by atoms with E-state index in [-0.39, 0.29) is 35.1 Å². The van der Waals surface area contributed by atoms with Crippen LogP contribution < -0.4 is 10.2 Å². The smallest absolute Gasteiger partial charge is 0.394 e. The molecule has 0 bridgehead atoms. The summed E-state index contributed by atoms with van der Waals surface area (Å²) in [5.74, 6) is -0.999. The Bertz CT molecular complexity index is 1600. The monoisotopic (exact) mass is 690 g/mol. The number of alkyl halides is 7. The standard InChI is InChI=1S/C32H33F7N2O5S/c1-2-47(44,45)27-15-8-21(9-16-27)28(18-42)40-29(43)22-5-12-25(13-6-22)41-17-23(20-3-10-24(11-4-20)31(35,36)37)7-14-26(41)19-46-32(38,39)30(33)34/h3-6,8-13,15-16,23,26,28,30,42H,2,7,14,17-19H2,1H3,(H,40,43)/t23?,26-,28-/m0/s1. The number of anilines is 1. The lowest BCUT2D eigenvalue weighted by Crippen LogP contribution is -2.47. The van der Waals surface area contributed by atoms with E-state index in [2.05, 4.69) is 10.1 Å². The molecule has 15 heteroatoms. The van der Waals surface area contributed by atoms with E-state index < -0.39 is 65.3 Å². The zero-order valence-corrected chi connectivity index (χ0v) is 25.9. The zero-order chi connectivity index (χ0) is 34.6. The van der Waals surface area contributed by atoms with Crippen LogP contribution in [0.1, 0.15) is 58.8 Å². The van der Waals surface area contributed by atoms with Crippen LogP contribution in [-0.2, 0) is 20.8 Å². The minimum Gasteiger partial charge on any atom is -0.394 e. The maximum Gasteiger partial charge on any atom is 0.416 e. The number of amides is 1. The summed E-state index contributed by atoms with van der Waals surface area (Å²) in [4.78, 5) is 14.8. The summed E-state index contributed by atoms with van der Waals surface area (Å²) in [7, 11) is -3.45. The fraction of sp³-hybridized carbons (Fsp3) is 0.406. The third-order valence-corrected chi connectivity index (χ3v) is 9.86. The van der Waals surface area contributed by atoms with Crippen LogP contribution in [0.4, 0.5) is 36.4 Å². The van der Waals surface area contributed by atoms with Gasteiger partial charge in [-0.25, -0.2) is 17.2 Å². The number of carbonyl (C=O) groups excluding carboxylic acids is 1. The van der Waals surface area contributed by atoms with Crippen molar-refractivity contribution in [3.63, 3.8) is 0 Å². The highest BCUT2D eigenvalue weighted by atomic mass is 32.2. The van der Waals surface area contributed by atoms with Crippen molar-refractivity contribution < 1.29 is 53.8 Å². The molecule has 1 aliphatic rings. The molecular weight excluding hydrogens is 657 g/mol. The van der Waals surface area contributed by atoms with E-state index in [9.17, 15) is 49.1 Å². The zero-order valence-electron chi connectivity index (χ0n) is 25.1. The van der Waals surface area contributed by atoms with E-state index in [0.29, 0.717) is 23.2 Å². The number of piperidine rings is 1. The number of carbonyl (C=O) groups is 1. The molecule has 0 spiro atoms. The Labute approximate surface area is 267 Å². The quantitative estimate of drug-likeness (QED) is 0.208. The topological polar surface area (TPSA) is 95.9 Å². The first-order chi connectivity index (χ1) is 22.1. The number of sulfone groups is 1. The number of hydrogen-bond donors (Lipinski definition) is 2. The molecular formula is C32H33F7N2O5S. The molecule has 0 saturated carbocycles. The molecule has 2 N–H and O–H groups in total. The molecule has 3 aromatic carbocycles. The molecule has 1 amide bonds. The molecule has 47 heavy (non-hydrogen) atoms. The lowest BCUT2D eigenvalue weighted by atomic mass is 9.86. The van der Waals surface area contributed by atoms with Gasteiger partial charge >= 0.3 is 18.7 Å². The van der Waals surface area contributed by atoms with Gasteiger partial charge in [-0.05, 0) is 72.5 Å². The Morgan fingerprint density at radius 1 is 0.957 bits per heavy atom. The van der Waals surface area contributed by atoms with Gasteiger partial charge in [0.2, 0.25) is 0 Å². The summed E-state index contributed by atoms with van der Waals surface area (Å²) in [6, 6.07) is 14.5. The van der Waals surface area contributed by atoms with E-state index in [1.54, 1.807) is 4.90 Å². The highest BCUT2D eigenvalue weighted by Gasteiger charge is 2.44. The SMILES string of the molecule is CCS(=O)(=O)c1ccc([C@H](CO)NC(=O)c2ccc(N3CC(c4ccc(C(F)(F)F)cc4)CC[C@H]3COC(F)(F)C(F)F)cc2)cc1. The number of hydrogen-bond acceptors (Lipinski definition) is 6. The summed E-state index contributed by atoms with van der Waals surface area (Å²) >= 11 is 0. The van der Waals surface area contributed by atoms with Crippen molar-refractivity contribution in [3.05, 3.63) is 95.1 Å². The average Bonchev–Trinajstić information content (AvgIpc) is 3.06. The van der Waals surface area contributed by atoms with E-state index in [1.807, 2.05) is 0 Å². The van der Waals surface area contributed by atoms with E-state index in [1.165, 1.54) is 67.6 Å². The normalized spacial score (nSPS) is 18.3. The van der Waals surface area contributed by atoms with Crippen molar-refractivity contribution in [1.82, 2.24) is 5.32 Å². The predicted octanol–water partition coefficient (Wildman–Crippen LogP) is 6.59. The number of aliphatic hydroxyl groups is 1. The summed E-state index contributed by atoms with van der Waals surface area (Å²) in [5, 5.41) is 12.6. The third kappa shape index (κ3) is 8.82. The molecule has 3 aromatic rings. The second-order valence-electron chi connectivity index (χ2n) is 11.1. The van der Waals surface area contributed by atoms with Gasteiger partial charge in [-0.1, -0.05) is 31.2 Å². The first-order valence-corrected chi connectivity index (χ1v) is 16.3. The number of aliphatic hydroxyl groups excluding tert-OH is 1. The fourth-order valence-electron chi connectivity index (χ4n) is 5.36. The highest BCUT2D eigenvalue weighted by Crippen LogP contribution is 2.37. The van der Waals surface area contributed by atoms with Crippen molar-refractivity contribution in [3.8, 4) is 0 Å². The maximum atomic E-state index is 13.6. The van der Waals surface area contributed by atoms with Gasteiger partial charge in [-0.15, -0.1) is 0 Å². The van der Waals surface area contributed by atoms with Crippen LogP contribution in [0, 0.1) is 0 Å². The Kier molecular flexibility index (Phi) is 11.2. The van der Waals surface area contributed by atoms with Crippen LogP contribution >= 0.6 is 0 Å². The largest absolute Gasteiger partial charge is 0.416 e. The maximum absolute atomic E-state index is 13.6. The minimum absolute atomic E-state index is 0.0917. The van der Waals surface area contributed by atoms with Crippen molar-refractivity contribution >= 4 is 21.4 Å². The first-order valence-electron chi connectivity index (χ1n) is 14.6. The summed E-state index contributed by atoms with van der Waals surface area (Å²) in [6.07, 6.45) is -12.7. The minimum atomic E-state index is -4.67. The van der Waals surface area contributed by atoms with Gasteiger partial charge in [0.25, 0.3) is 5.91 Å². The van der Waals surface area contributed by atoms with Crippen LogP contribution in [0.25, 0.3) is 0 Å². The second kappa shape index (κ2) is 14.6. The predicted molar refractivity (Wildman–Crippen MR) is 159 cm³/mol. The van der Waals surface area contributed by atoms with Crippen LogP contribution in [0.5, 0.6) is 0 Å². The van der Waals surface area contributed by atoms with Crippen molar-refractivity contribution in [2.75, 3.05) is 30.4 Å². The molecule has 0 aromatic heterocycles. The van der Waals surface area contributed by atoms with Crippen molar-refractivity contribution in [1.29, 1.82) is 0 Å². The molecule has 4 rings (SSSR count). The van der Waals surface area contributed by atoms with Gasteiger partial charge in [0.15, 0.2) is 9.84 Å². The van der Waals surface area contributed by atoms with Crippen molar-refractivity contribution in [2.45, 2.75) is 61.4 Å².